The Morgan fingerprint density at radius 2 is 1.52 bits per heavy atom. The molecule has 0 spiro atoms. The first-order valence-electron chi connectivity index (χ1n) is 13.3. The van der Waals surface area contributed by atoms with Gasteiger partial charge in [0.15, 0.2) is 0 Å². The van der Waals surface area contributed by atoms with E-state index < -0.39 is 39.3 Å². The number of rotatable bonds is 13. The molecule has 13 heteroatoms. The summed E-state index contributed by atoms with van der Waals surface area (Å²) >= 11 is 12.8. The van der Waals surface area contributed by atoms with Crippen LogP contribution in [0.3, 0.4) is 0 Å². The number of nitrogens with zero attached hydrogens (tertiary/aromatic N) is 3. The average molecular weight is 636 g/mol. The molecule has 0 radical (unpaired) electrons. The molecular formula is C29H32Cl2N4O6S. The predicted molar refractivity (Wildman–Crippen MR) is 163 cm³/mol. The highest BCUT2D eigenvalue weighted by molar-refractivity contribution is 7.92. The van der Waals surface area contributed by atoms with Gasteiger partial charge in [-0.25, -0.2) is 8.42 Å². The molecule has 1 N–H and O–H groups in total. The van der Waals surface area contributed by atoms with Crippen molar-refractivity contribution in [3.05, 3.63) is 98.5 Å². The SMILES string of the molecule is CC[C@H](C(=O)N[C@@H](C)CC)N(Cc1c(Cl)cccc1Cl)C(=O)CN(c1ccc([N+](=O)[O-])cc1)S(=O)(=O)c1ccccc1. The number of carbonyl (C=O) groups is 2. The normalized spacial score (nSPS) is 12.7. The molecule has 0 aliphatic carbocycles. The molecule has 0 aliphatic rings. The number of amides is 2. The zero-order chi connectivity index (χ0) is 31.0. The van der Waals surface area contributed by atoms with Crippen molar-refractivity contribution >= 4 is 56.4 Å². The number of non-ortho nitro benzene ring substituents is 1. The van der Waals surface area contributed by atoms with Crippen LogP contribution in [0.5, 0.6) is 0 Å². The average Bonchev–Trinajstić information content (AvgIpc) is 2.97. The standard InChI is InChI=1S/C29H32Cl2N4O6S/c1-4-20(3)32-29(37)27(5-2)33(18-24-25(30)12-9-13-26(24)31)28(36)19-34(21-14-16-22(17-15-21)35(38)39)42(40,41)23-10-7-6-8-11-23/h6-17,20,27H,4-5,18-19H2,1-3H3,(H,32,37)/t20-,27+/m0/s1. The zero-order valence-electron chi connectivity index (χ0n) is 23.4. The summed E-state index contributed by atoms with van der Waals surface area (Å²) in [5.41, 5.74) is 0.187. The quantitative estimate of drug-likeness (QED) is 0.186. The van der Waals surface area contributed by atoms with Crippen LogP contribution in [-0.4, -0.2) is 48.7 Å². The summed E-state index contributed by atoms with van der Waals surface area (Å²) in [4.78, 5) is 39.3. The maximum atomic E-state index is 14.1. The fourth-order valence-electron chi connectivity index (χ4n) is 4.20. The Bertz CT molecular complexity index is 1500. The molecule has 3 aromatic rings. The second kappa shape index (κ2) is 14.5. The first-order chi connectivity index (χ1) is 19.9. The van der Waals surface area contributed by atoms with Crippen LogP contribution >= 0.6 is 23.2 Å². The second-order valence-electron chi connectivity index (χ2n) is 9.56. The lowest BCUT2D eigenvalue weighted by atomic mass is 10.1. The van der Waals surface area contributed by atoms with Gasteiger partial charge in [-0.2, -0.15) is 0 Å². The Hall–Kier alpha value is -3.67. The highest BCUT2D eigenvalue weighted by Crippen LogP contribution is 2.29. The molecule has 0 unspecified atom stereocenters. The molecule has 42 heavy (non-hydrogen) atoms. The van der Waals surface area contributed by atoms with Crippen LogP contribution in [0.2, 0.25) is 10.0 Å². The van der Waals surface area contributed by atoms with Gasteiger partial charge in [-0.1, -0.05) is 61.3 Å². The zero-order valence-corrected chi connectivity index (χ0v) is 25.7. The van der Waals surface area contributed by atoms with Gasteiger partial charge in [-0.3, -0.25) is 24.0 Å². The van der Waals surface area contributed by atoms with Gasteiger partial charge >= 0.3 is 0 Å². The van der Waals surface area contributed by atoms with E-state index in [0.717, 1.165) is 16.4 Å². The van der Waals surface area contributed by atoms with E-state index in [9.17, 15) is 28.1 Å². The number of sulfonamides is 1. The van der Waals surface area contributed by atoms with Gasteiger partial charge in [-0.05, 0) is 56.2 Å². The van der Waals surface area contributed by atoms with Crippen molar-refractivity contribution in [1.29, 1.82) is 0 Å². The van der Waals surface area contributed by atoms with Crippen LogP contribution in [0.1, 0.15) is 39.2 Å². The second-order valence-corrected chi connectivity index (χ2v) is 12.2. The third kappa shape index (κ3) is 7.78. The molecule has 0 aliphatic heterocycles. The fraction of sp³-hybridized carbons (Fsp3) is 0.310. The molecule has 3 rings (SSSR count). The number of carbonyl (C=O) groups excluding carboxylic acids is 2. The number of nitro groups is 1. The van der Waals surface area contributed by atoms with Crippen LogP contribution in [-0.2, 0) is 26.2 Å². The van der Waals surface area contributed by atoms with Gasteiger partial charge in [-0.15, -0.1) is 0 Å². The molecule has 0 aromatic heterocycles. The number of nitrogens with one attached hydrogen (secondary N) is 1. The van der Waals surface area contributed by atoms with E-state index in [1.807, 2.05) is 13.8 Å². The molecule has 2 amide bonds. The molecule has 2 atom stereocenters. The van der Waals surface area contributed by atoms with Crippen LogP contribution in [0.4, 0.5) is 11.4 Å². The van der Waals surface area contributed by atoms with Gasteiger partial charge in [0.05, 0.1) is 15.5 Å². The van der Waals surface area contributed by atoms with E-state index >= 15 is 0 Å². The highest BCUT2D eigenvalue weighted by Gasteiger charge is 2.34. The van der Waals surface area contributed by atoms with E-state index in [2.05, 4.69) is 5.32 Å². The first-order valence-corrected chi connectivity index (χ1v) is 15.4. The predicted octanol–water partition coefficient (Wildman–Crippen LogP) is 5.82. The Morgan fingerprint density at radius 1 is 0.929 bits per heavy atom. The molecule has 0 bridgehead atoms. The van der Waals surface area contributed by atoms with E-state index in [-0.39, 0.29) is 45.3 Å². The van der Waals surface area contributed by atoms with Gasteiger partial charge in [0, 0.05) is 40.3 Å². The van der Waals surface area contributed by atoms with E-state index in [4.69, 9.17) is 23.2 Å². The summed E-state index contributed by atoms with van der Waals surface area (Å²) in [5.74, 6) is -1.11. The van der Waals surface area contributed by atoms with Crippen molar-refractivity contribution in [1.82, 2.24) is 10.2 Å². The Labute approximate surface area is 255 Å². The molecule has 0 saturated carbocycles. The molecule has 0 heterocycles. The van der Waals surface area contributed by atoms with Crippen molar-refractivity contribution in [2.45, 2.75) is 57.1 Å². The molecule has 0 saturated heterocycles. The van der Waals surface area contributed by atoms with E-state index in [0.29, 0.717) is 12.0 Å². The lowest BCUT2D eigenvalue weighted by molar-refractivity contribution is -0.384. The number of anilines is 1. The van der Waals surface area contributed by atoms with Gasteiger partial charge in [0.1, 0.15) is 12.6 Å². The van der Waals surface area contributed by atoms with Gasteiger partial charge in [0.25, 0.3) is 15.7 Å². The van der Waals surface area contributed by atoms with Crippen molar-refractivity contribution in [3.63, 3.8) is 0 Å². The minimum Gasteiger partial charge on any atom is -0.352 e. The fourth-order valence-corrected chi connectivity index (χ4v) is 6.16. The van der Waals surface area contributed by atoms with E-state index in [1.165, 1.54) is 29.2 Å². The lowest BCUT2D eigenvalue weighted by Crippen LogP contribution is -2.53. The maximum Gasteiger partial charge on any atom is 0.269 e. The Morgan fingerprint density at radius 3 is 2.05 bits per heavy atom. The van der Waals surface area contributed by atoms with E-state index in [1.54, 1.807) is 43.3 Å². The van der Waals surface area contributed by atoms with Crippen molar-refractivity contribution in [3.8, 4) is 0 Å². The topological polar surface area (TPSA) is 130 Å². The van der Waals surface area contributed by atoms with Crippen molar-refractivity contribution in [2.24, 2.45) is 0 Å². The third-order valence-corrected chi connectivity index (χ3v) is 9.23. The molecule has 0 fully saturated rings. The number of hydrogen-bond donors (Lipinski definition) is 1. The van der Waals surface area contributed by atoms with Crippen LogP contribution in [0.25, 0.3) is 0 Å². The lowest BCUT2D eigenvalue weighted by Gasteiger charge is -2.34. The minimum absolute atomic E-state index is 0.0330. The van der Waals surface area contributed by atoms with Crippen molar-refractivity contribution in [2.75, 3.05) is 10.8 Å². The molecular weight excluding hydrogens is 603 g/mol. The smallest absolute Gasteiger partial charge is 0.269 e. The third-order valence-electron chi connectivity index (χ3n) is 6.74. The Kier molecular flexibility index (Phi) is 11.3. The number of benzene rings is 3. The van der Waals surface area contributed by atoms with Crippen LogP contribution < -0.4 is 9.62 Å². The van der Waals surface area contributed by atoms with Gasteiger partial charge in [0.2, 0.25) is 11.8 Å². The molecule has 10 nitrogen and oxygen atoms in total. The monoisotopic (exact) mass is 634 g/mol. The summed E-state index contributed by atoms with van der Waals surface area (Å²) in [6.45, 7) is 4.62. The highest BCUT2D eigenvalue weighted by atomic mass is 35.5. The number of nitro benzene ring substituents is 1. The molecule has 224 valence electrons. The summed E-state index contributed by atoms with van der Waals surface area (Å²) in [5, 5.41) is 14.7. The van der Waals surface area contributed by atoms with Gasteiger partial charge < -0.3 is 10.2 Å². The number of halogens is 2. The summed E-state index contributed by atoms with van der Waals surface area (Å²) in [6, 6.07) is 16.0. The Balaban J connectivity index is 2.11. The molecule has 3 aromatic carbocycles. The van der Waals surface area contributed by atoms with Crippen molar-refractivity contribution < 1.29 is 22.9 Å². The first kappa shape index (κ1) is 32.8. The summed E-state index contributed by atoms with van der Waals surface area (Å²) in [7, 11) is -4.32. The van der Waals surface area contributed by atoms with Crippen LogP contribution in [0, 0.1) is 10.1 Å². The summed E-state index contributed by atoms with van der Waals surface area (Å²) in [6.07, 6.45) is 0.884. The summed E-state index contributed by atoms with van der Waals surface area (Å²) < 4.78 is 28.5. The number of hydrogen-bond acceptors (Lipinski definition) is 6. The maximum absolute atomic E-state index is 14.1. The minimum atomic E-state index is -4.32. The largest absolute Gasteiger partial charge is 0.352 e. The van der Waals surface area contributed by atoms with Crippen LogP contribution in [0.15, 0.2) is 77.7 Å².